The molecule has 1 amide bonds. The first kappa shape index (κ1) is 19.2. The summed E-state index contributed by atoms with van der Waals surface area (Å²) in [4.78, 5) is 18.2. The lowest BCUT2D eigenvalue weighted by Crippen LogP contribution is -2.49. The molecule has 2 aromatic carbocycles. The molecule has 30 heavy (non-hydrogen) atoms. The van der Waals surface area contributed by atoms with E-state index in [1.807, 2.05) is 47.4 Å². The van der Waals surface area contributed by atoms with E-state index in [4.69, 9.17) is 14.2 Å². The molecular formula is C24H28N2O4. The van der Waals surface area contributed by atoms with Gasteiger partial charge in [0.2, 0.25) is 11.7 Å². The van der Waals surface area contributed by atoms with Gasteiger partial charge in [-0.1, -0.05) is 18.2 Å². The molecule has 0 aliphatic carbocycles. The van der Waals surface area contributed by atoms with Gasteiger partial charge in [-0.05, 0) is 55.6 Å². The standard InChI is InChI=1S/C24H28N2O4/c1-28-20-12-16(13-21(29-2)22(20)30-3)19-14-17-15-25(18-8-5-4-6-9-18)23(27)24(17)10-7-11-26(19)24/h4-6,8-9,12-13,17,19H,7,10-11,14-15H2,1-3H3/t17-,19-,24-/m0/s1. The van der Waals surface area contributed by atoms with Crippen LogP contribution < -0.4 is 19.1 Å². The van der Waals surface area contributed by atoms with E-state index < -0.39 is 0 Å². The number of carbonyl (C=O) groups is 1. The second kappa shape index (κ2) is 7.20. The zero-order valence-electron chi connectivity index (χ0n) is 17.8. The summed E-state index contributed by atoms with van der Waals surface area (Å²) in [6.45, 7) is 1.71. The highest BCUT2D eigenvalue weighted by Gasteiger charge is 2.65. The number of methoxy groups -OCH3 is 3. The molecular weight excluding hydrogens is 380 g/mol. The van der Waals surface area contributed by atoms with Crippen molar-refractivity contribution in [1.82, 2.24) is 4.90 Å². The van der Waals surface area contributed by atoms with Gasteiger partial charge in [-0.2, -0.15) is 0 Å². The third-order valence-electron chi connectivity index (χ3n) is 7.19. The van der Waals surface area contributed by atoms with E-state index in [2.05, 4.69) is 4.90 Å². The van der Waals surface area contributed by atoms with Crippen LogP contribution in [0.2, 0.25) is 0 Å². The van der Waals surface area contributed by atoms with Gasteiger partial charge in [0.1, 0.15) is 5.54 Å². The Labute approximate surface area is 177 Å². The average Bonchev–Trinajstić information content (AvgIpc) is 3.43. The molecule has 3 heterocycles. The molecule has 3 atom stereocenters. The van der Waals surface area contributed by atoms with Gasteiger partial charge >= 0.3 is 0 Å². The fourth-order valence-electron chi connectivity index (χ4n) is 5.93. The zero-order chi connectivity index (χ0) is 20.9. The summed E-state index contributed by atoms with van der Waals surface area (Å²) in [6.07, 6.45) is 2.93. The molecule has 158 valence electrons. The first-order valence-electron chi connectivity index (χ1n) is 10.6. The van der Waals surface area contributed by atoms with Crippen molar-refractivity contribution in [2.24, 2.45) is 5.92 Å². The number of para-hydroxylation sites is 1. The first-order chi connectivity index (χ1) is 14.6. The summed E-state index contributed by atoms with van der Waals surface area (Å²) in [5.74, 6) is 2.50. The summed E-state index contributed by atoms with van der Waals surface area (Å²) in [6, 6.07) is 14.3. The van der Waals surface area contributed by atoms with E-state index in [-0.39, 0.29) is 17.5 Å². The summed E-state index contributed by atoms with van der Waals surface area (Å²) < 4.78 is 16.7. The lowest BCUT2D eigenvalue weighted by molar-refractivity contribution is -0.126. The molecule has 5 rings (SSSR count). The number of rotatable bonds is 5. The topological polar surface area (TPSA) is 51.2 Å². The van der Waals surface area contributed by atoms with E-state index in [0.717, 1.165) is 43.6 Å². The van der Waals surface area contributed by atoms with Crippen molar-refractivity contribution in [3.63, 3.8) is 0 Å². The lowest BCUT2D eigenvalue weighted by atomic mass is 9.85. The van der Waals surface area contributed by atoms with Crippen molar-refractivity contribution < 1.29 is 19.0 Å². The van der Waals surface area contributed by atoms with Gasteiger partial charge in [0.05, 0.1) is 21.3 Å². The number of hydrogen-bond donors (Lipinski definition) is 0. The molecule has 6 nitrogen and oxygen atoms in total. The molecule has 3 aliphatic rings. The maximum atomic E-state index is 13.7. The molecule has 0 saturated carbocycles. The largest absolute Gasteiger partial charge is 0.493 e. The first-order valence-corrected chi connectivity index (χ1v) is 10.6. The van der Waals surface area contributed by atoms with Crippen molar-refractivity contribution in [3.8, 4) is 17.2 Å². The van der Waals surface area contributed by atoms with E-state index in [9.17, 15) is 4.79 Å². The molecule has 3 saturated heterocycles. The highest BCUT2D eigenvalue weighted by atomic mass is 16.5. The number of anilines is 1. The van der Waals surface area contributed by atoms with Crippen LogP contribution in [0.5, 0.6) is 17.2 Å². The molecule has 0 N–H and O–H groups in total. The highest BCUT2D eigenvalue weighted by molar-refractivity contribution is 6.03. The molecule has 3 fully saturated rings. The normalized spacial score (nSPS) is 27.8. The van der Waals surface area contributed by atoms with E-state index in [1.54, 1.807) is 21.3 Å². The third-order valence-corrected chi connectivity index (χ3v) is 7.19. The second-order valence-corrected chi connectivity index (χ2v) is 8.38. The van der Waals surface area contributed by atoms with Crippen molar-refractivity contribution in [3.05, 3.63) is 48.0 Å². The third kappa shape index (κ3) is 2.56. The van der Waals surface area contributed by atoms with Crippen LogP contribution in [0.25, 0.3) is 0 Å². The summed E-state index contributed by atoms with van der Waals surface area (Å²) in [5.41, 5.74) is 1.74. The minimum absolute atomic E-state index is 0.174. The van der Waals surface area contributed by atoms with Crippen LogP contribution in [0.1, 0.15) is 30.9 Å². The Morgan fingerprint density at radius 3 is 2.33 bits per heavy atom. The molecule has 2 aromatic rings. The summed E-state index contributed by atoms with van der Waals surface area (Å²) >= 11 is 0. The summed E-state index contributed by atoms with van der Waals surface area (Å²) in [7, 11) is 4.90. The van der Waals surface area contributed by atoms with Gasteiger partial charge in [-0.3, -0.25) is 9.69 Å². The predicted octanol–water partition coefficient (Wildman–Crippen LogP) is 3.65. The van der Waals surface area contributed by atoms with Gasteiger partial charge in [0.15, 0.2) is 11.5 Å². The molecule has 0 bridgehead atoms. The number of amides is 1. The Bertz CT molecular complexity index is 938. The van der Waals surface area contributed by atoms with E-state index in [1.165, 1.54) is 0 Å². The molecule has 1 spiro atoms. The van der Waals surface area contributed by atoms with Gasteiger partial charge < -0.3 is 19.1 Å². The minimum Gasteiger partial charge on any atom is -0.493 e. The maximum absolute atomic E-state index is 13.7. The number of nitrogens with zero attached hydrogens (tertiary/aromatic N) is 2. The van der Waals surface area contributed by atoms with Crippen LogP contribution in [-0.4, -0.2) is 50.8 Å². The second-order valence-electron chi connectivity index (χ2n) is 8.38. The fraction of sp³-hybridized carbons (Fsp3) is 0.458. The molecule has 0 unspecified atom stereocenters. The lowest BCUT2D eigenvalue weighted by Gasteiger charge is -2.34. The number of benzene rings is 2. The number of hydrogen-bond acceptors (Lipinski definition) is 5. The Morgan fingerprint density at radius 1 is 1.00 bits per heavy atom. The Hall–Kier alpha value is -2.73. The predicted molar refractivity (Wildman–Crippen MR) is 114 cm³/mol. The van der Waals surface area contributed by atoms with Crippen LogP contribution in [-0.2, 0) is 4.79 Å². The minimum atomic E-state index is -0.388. The van der Waals surface area contributed by atoms with Crippen LogP contribution in [0.15, 0.2) is 42.5 Å². The van der Waals surface area contributed by atoms with Crippen molar-refractivity contribution in [2.75, 3.05) is 39.3 Å². The molecule has 0 aromatic heterocycles. The van der Waals surface area contributed by atoms with Crippen LogP contribution in [0.3, 0.4) is 0 Å². The zero-order valence-corrected chi connectivity index (χ0v) is 17.8. The molecule has 0 radical (unpaired) electrons. The quantitative estimate of drug-likeness (QED) is 0.756. The molecule has 6 heteroatoms. The molecule has 3 aliphatic heterocycles. The van der Waals surface area contributed by atoms with Crippen LogP contribution in [0.4, 0.5) is 5.69 Å². The summed E-state index contributed by atoms with van der Waals surface area (Å²) in [5, 5.41) is 0. The Kier molecular flexibility index (Phi) is 4.62. The number of ether oxygens (including phenoxy) is 3. The van der Waals surface area contributed by atoms with E-state index >= 15 is 0 Å². The maximum Gasteiger partial charge on any atom is 0.247 e. The van der Waals surface area contributed by atoms with Gasteiger partial charge in [0, 0.05) is 24.2 Å². The Morgan fingerprint density at radius 2 is 1.70 bits per heavy atom. The average molecular weight is 408 g/mol. The van der Waals surface area contributed by atoms with Crippen LogP contribution in [0, 0.1) is 5.92 Å². The number of carbonyl (C=O) groups excluding carboxylic acids is 1. The Balaban J connectivity index is 1.52. The highest BCUT2D eigenvalue weighted by Crippen LogP contribution is 2.57. The van der Waals surface area contributed by atoms with Gasteiger partial charge in [-0.25, -0.2) is 0 Å². The van der Waals surface area contributed by atoms with E-state index in [0.29, 0.717) is 23.2 Å². The van der Waals surface area contributed by atoms with Gasteiger partial charge in [0.25, 0.3) is 0 Å². The van der Waals surface area contributed by atoms with Crippen molar-refractivity contribution >= 4 is 11.6 Å². The van der Waals surface area contributed by atoms with Gasteiger partial charge in [-0.15, -0.1) is 0 Å². The smallest absolute Gasteiger partial charge is 0.247 e. The van der Waals surface area contributed by atoms with Crippen molar-refractivity contribution in [1.29, 1.82) is 0 Å². The monoisotopic (exact) mass is 408 g/mol. The SMILES string of the molecule is COc1cc([C@@H]2C[C@H]3CN(c4ccccc4)C(=O)[C@]34CCCN24)cc(OC)c1OC. The van der Waals surface area contributed by atoms with Crippen LogP contribution >= 0.6 is 0 Å². The van der Waals surface area contributed by atoms with Crippen molar-refractivity contribution in [2.45, 2.75) is 30.8 Å². The fourth-order valence-corrected chi connectivity index (χ4v) is 5.93.